The number of hydrogen-bond acceptors (Lipinski definition) is 8. The predicted octanol–water partition coefficient (Wildman–Crippen LogP) is 4.70. The van der Waals surface area contributed by atoms with Crippen LogP contribution in [-0.4, -0.2) is 27.6 Å². The standard InChI is InChI=1S/C18H19N3O3S2/c1-5-23-15-7-6-13(11(3)22)8-14(15)9-25-18-21-20-17(24-18)16-10(2)19-12(4)26-16/h6-8H,5,9H2,1-4H3. The molecule has 26 heavy (non-hydrogen) atoms. The maximum Gasteiger partial charge on any atom is 0.277 e. The summed E-state index contributed by atoms with van der Waals surface area (Å²) in [7, 11) is 0. The Labute approximate surface area is 160 Å². The molecule has 8 heteroatoms. The smallest absolute Gasteiger partial charge is 0.277 e. The van der Waals surface area contributed by atoms with Crippen LogP contribution < -0.4 is 4.74 Å². The first-order valence-corrected chi connectivity index (χ1v) is 9.95. The molecule has 136 valence electrons. The van der Waals surface area contributed by atoms with Gasteiger partial charge in [-0.15, -0.1) is 21.5 Å². The molecule has 0 amide bonds. The van der Waals surface area contributed by atoms with Gasteiger partial charge in [-0.2, -0.15) is 0 Å². The molecule has 0 aliphatic rings. The van der Waals surface area contributed by atoms with Gasteiger partial charge in [0.15, 0.2) is 5.78 Å². The molecule has 0 N–H and O–H groups in total. The first kappa shape index (κ1) is 18.6. The first-order valence-electron chi connectivity index (χ1n) is 8.15. The van der Waals surface area contributed by atoms with Crippen molar-refractivity contribution in [3.8, 4) is 16.5 Å². The van der Waals surface area contributed by atoms with Crippen LogP contribution in [0.25, 0.3) is 10.8 Å². The van der Waals surface area contributed by atoms with Crippen molar-refractivity contribution in [3.63, 3.8) is 0 Å². The molecule has 0 spiro atoms. The highest BCUT2D eigenvalue weighted by Gasteiger charge is 2.16. The van der Waals surface area contributed by atoms with Gasteiger partial charge in [-0.1, -0.05) is 11.8 Å². The first-order chi connectivity index (χ1) is 12.5. The quantitative estimate of drug-likeness (QED) is 0.428. The highest BCUT2D eigenvalue weighted by atomic mass is 32.2. The molecule has 2 heterocycles. The van der Waals surface area contributed by atoms with Gasteiger partial charge in [-0.3, -0.25) is 4.79 Å². The molecule has 0 aliphatic carbocycles. The minimum atomic E-state index is 0.0235. The van der Waals surface area contributed by atoms with Gasteiger partial charge in [-0.25, -0.2) is 4.98 Å². The van der Waals surface area contributed by atoms with Crippen LogP contribution in [-0.2, 0) is 5.75 Å². The number of ketones is 1. The molecule has 0 bridgehead atoms. The summed E-state index contributed by atoms with van der Waals surface area (Å²) in [6.07, 6.45) is 0. The number of thioether (sulfide) groups is 1. The summed E-state index contributed by atoms with van der Waals surface area (Å²) < 4.78 is 11.4. The van der Waals surface area contributed by atoms with E-state index in [4.69, 9.17) is 9.15 Å². The molecule has 2 aromatic heterocycles. The summed E-state index contributed by atoms with van der Waals surface area (Å²) in [5, 5.41) is 9.67. The molecule has 6 nitrogen and oxygen atoms in total. The molecular weight excluding hydrogens is 370 g/mol. The van der Waals surface area contributed by atoms with E-state index in [0.29, 0.717) is 29.0 Å². The van der Waals surface area contributed by atoms with Crippen molar-refractivity contribution in [3.05, 3.63) is 40.0 Å². The van der Waals surface area contributed by atoms with Crippen LogP contribution >= 0.6 is 23.1 Å². The Kier molecular flexibility index (Phi) is 5.73. The zero-order valence-corrected chi connectivity index (χ0v) is 16.7. The average molecular weight is 390 g/mol. The lowest BCUT2D eigenvalue weighted by atomic mass is 10.1. The van der Waals surface area contributed by atoms with E-state index in [1.54, 1.807) is 13.0 Å². The van der Waals surface area contributed by atoms with E-state index in [1.807, 2.05) is 32.9 Å². The van der Waals surface area contributed by atoms with Crippen molar-refractivity contribution in [1.82, 2.24) is 15.2 Å². The monoisotopic (exact) mass is 389 g/mol. The lowest BCUT2D eigenvalue weighted by Gasteiger charge is -2.10. The van der Waals surface area contributed by atoms with Crippen LogP contribution in [0.4, 0.5) is 0 Å². The van der Waals surface area contributed by atoms with Crippen LogP contribution in [0.3, 0.4) is 0 Å². The third-order valence-electron chi connectivity index (χ3n) is 3.62. The lowest BCUT2D eigenvalue weighted by Crippen LogP contribution is -1.99. The van der Waals surface area contributed by atoms with Crippen molar-refractivity contribution in [2.75, 3.05) is 6.61 Å². The number of Topliss-reactive ketones (excluding diaryl/α,β-unsaturated/α-hetero) is 1. The normalized spacial score (nSPS) is 10.9. The van der Waals surface area contributed by atoms with E-state index in [0.717, 1.165) is 26.9 Å². The number of thiazole rings is 1. The number of aryl methyl sites for hydroxylation is 2. The maximum atomic E-state index is 11.6. The molecular formula is C18H19N3O3S2. The molecule has 0 unspecified atom stereocenters. The minimum Gasteiger partial charge on any atom is -0.494 e. The molecule has 0 atom stereocenters. The Morgan fingerprint density at radius 3 is 2.77 bits per heavy atom. The average Bonchev–Trinajstić information content (AvgIpc) is 3.19. The topological polar surface area (TPSA) is 78.1 Å². The summed E-state index contributed by atoms with van der Waals surface area (Å²) in [5.41, 5.74) is 2.47. The second-order valence-corrected chi connectivity index (χ2v) is 7.75. The summed E-state index contributed by atoms with van der Waals surface area (Å²) in [5.74, 6) is 1.84. The van der Waals surface area contributed by atoms with E-state index in [1.165, 1.54) is 23.1 Å². The van der Waals surface area contributed by atoms with E-state index in [2.05, 4.69) is 15.2 Å². The summed E-state index contributed by atoms with van der Waals surface area (Å²) in [4.78, 5) is 16.9. The number of nitrogens with zero attached hydrogens (tertiary/aromatic N) is 3. The van der Waals surface area contributed by atoms with Gasteiger partial charge in [0, 0.05) is 16.9 Å². The number of aromatic nitrogens is 3. The fraction of sp³-hybridized carbons (Fsp3) is 0.333. The van der Waals surface area contributed by atoms with Crippen LogP contribution in [0.5, 0.6) is 5.75 Å². The van der Waals surface area contributed by atoms with E-state index >= 15 is 0 Å². The van der Waals surface area contributed by atoms with Crippen LogP contribution in [0.15, 0.2) is 27.8 Å². The highest BCUT2D eigenvalue weighted by Crippen LogP contribution is 2.33. The maximum absolute atomic E-state index is 11.6. The number of rotatable bonds is 7. The second kappa shape index (κ2) is 8.01. The van der Waals surface area contributed by atoms with Crippen molar-refractivity contribution < 1.29 is 13.9 Å². The Morgan fingerprint density at radius 2 is 2.12 bits per heavy atom. The third-order valence-corrected chi connectivity index (χ3v) is 5.55. The Bertz CT molecular complexity index is 934. The second-order valence-electron chi connectivity index (χ2n) is 5.62. The minimum absolute atomic E-state index is 0.0235. The van der Waals surface area contributed by atoms with Crippen LogP contribution in [0, 0.1) is 13.8 Å². The zero-order valence-electron chi connectivity index (χ0n) is 15.0. The third kappa shape index (κ3) is 4.13. The Hall–Kier alpha value is -2.19. The molecule has 0 aliphatic heterocycles. The van der Waals surface area contributed by atoms with Gasteiger partial charge in [0.2, 0.25) is 0 Å². The molecule has 0 radical (unpaired) electrons. The van der Waals surface area contributed by atoms with Gasteiger partial charge < -0.3 is 9.15 Å². The van der Waals surface area contributed by atoms with Gasteiger partial charge in [-0.05, 0) is 45.9 Å². The Balaban J connectivity index is 1.78. The predicted molar refractivity (Wildman–Crippen MR) is 102 cm³/mol. The summed E-state index contributed by atoms with van der Waals surface area (Å²) >= 11 is 2.95. The van der Waals surface area contributed by atoms with Crippen molar-refractivity contribution in [2.24, 2.45) is 0 Å². The summed E-state index contributed by atoms with van der Waals surface area (Å²) in [6.45, 7) is 7.92. The van der Waals surface area contributed by atoms with E-state index in [9.17, 15) is 4.79 Å². The van der Waals surface area contributed by atoms with Gasteiger partial charge in [0.1, 0.15) is 10.6 Å². The highest BCUT2D eigenvalue weighted by molar-refractivity contribution is 7.98. The van der Waals surface area contributed by atoms with Crippen molar-refractivity contribution in [1.29, 1.82) is 0 Å². The fourth-order valence-electron chi connectivity index (χ4n) is 2.44. The largest absolute Gasteiger partial charge is 0.494 e. The molecule has 3 aromatic rings. The van der Waals surface area contributed by atoms with E-state index < -0.39 is 0 Å². The summed E-state index contributed by atoms with van der Waals surface area (Å²) in [6, 6.07) is 5.47. The van der Waals surface area contributed by atoms with E-state index in [-0.39, 0.29) is 5.78 Å². The number of hydrogen-bond donors (Lipinski definition) is 0. The molecule has 1 aromatic carbocycles. The molecule has 3 rings (SSSR count). The SMILES string of the molecule is CCOc1ccc(C(C)=O)cc1CSc1nnc(-c2sc(C)nc2C)o1. The van der Waals surface area contributed by atoms with Crippen LogP contribution in [0.1, 0.15) is 40.5 Å². The van der Waals surface area contributed by atoms with Crippen molar-refractivity contribution in [2.45, 2.75) is 38.7 Å². The fourth-order valence-corrected chi connectivity index (χ4v) is 4.02. The lowest BCUT2D eigenvalue weighted by molar-refractivity contribution is 0.101. The number of benzene rings is 1. The molecule has 0 saturated carbocycles. The van der Waals surface area contributed by atoms with Gasteiger partial charge >= 0.3 is 0 Å². The Morgan fingerprint density at radius 1 is 1.31 bits per heavy atom. The van der Waals surface area contributed by atoms with Crippen LogP contribution in [0.2, 0.25) is 0 Å². The van der Waals surface area contributed by atoms with Gasteiger partial charge in [0.25, 0.3) is 11.1 Å². The number of carbonyl (C=O) groups excluding carboxylic acids is 1. The molecule has 0 saturated heterocycles. The number of ether oxygens (including phenoxy) is 1. The number of carbonyl (C=O) groups is 1. The molecule has 0 fully saturated rings. The van der Waals surface area contributed by atoms with Gasteiger partial charge in [0.05, 0.1) is 17.3 Å². The van der Waals surface area contributed by atoms with Crippen molar-refractivity contribution >= 4 is 28.9 Å². The zero-order chi connectivity index (χ0) is 18.7.